The van der Waals surface area contributed by atoms with Crippen molar-refractivity contribution in [1.29, 1.82) is 0 Å². The molecule has 0 spiro atoms. The fraction of sp³-hybridized carbons (Fsp3) is 0.300. The Balaban J connectivity index is 2.18. The second-order valence-electron chi connectivity index (χ2n) is 3.57. The molecule has 0 atom stereocenters. The Hall–Kier alpha value is -1.91. The summed E-state index contributed by atoms with van der Waals surface area (Å²) in [6.45, 7) is 0.980. The monoisotopic (exact) mass is 201 g/mol. The Labute approximate surface area is 87.2 Å². The van der Waals surface area contributed by atoms with Gasteiger partial charge in [-0.2, -0.15) is 5.10 Å². The van der Waals surface area contributed by atoms with Crippen LogP contribution in [-0.4, -0.2) is 26.3 Å². The molecule has 0 saturated carbocycles. The van der Waals surface area contributed by atoms with Crippen molar-refractivity contribution in [2.75, 3.05) is 11.9 Å². The van der Waals surface area contributed by atoms with Gasteiger partial charge in [0.15, 0.2) is 0 Å². The van der Waals surface area contributed by atoms with Crippen LogP contribution >= 0.6 is 0 Å². The van der Waals surface area contributed by atoms with E-state index in [4.69, 9.17) is 0 Å². The lowest BCUT2D eigenvalue weighted by Gasteiger charge is -1.97. The number of rotatable bonds is 1. The largest absolute Gasteiger partial charge is 0.370 e. The predicted molar refractivity (Wildman–Crippen MR) is 56.4 cm³/mol. The lowest BCUT2D eigenvalue weighted by molar-refractivity contribution is 0.774. The molecule has 1 aliphatic rings. The van der Waals surface area contributed by atoms with Crippen LogP contribution < -0.4 is 5.32 Å². The lowest BCUT2D eigenvalue weighted by Crippen LogP contribution is -2.01. The number of hydrogen-bond acceptors (Lipinski definition) is 4. The highest BCUT2D eigenvalue weighted by Gasteiger charge is 2.21. The van der Waals surface area contributed by atoms with Crippen molar-refractivity contribution in [2.24, 2.45) is 7.05 Å². The molecule has 0 bridgehead atoms. The summed E-state index contributed by atoms with van der Waals surface area (Å²) >= 11 is 0. The summed E-state index contributed by atoms with van der Waals surface area (Å²) in [4.78, 5) is 8.34. The molecule has 2 aromatic heterocycles. The van der Waals surface area contributed by atoms with Crippen LogP contribution in [0.15, 0.2) is 18.6 Å². The van der Waals surface area contributed by atoms with Crippen LogP contribution in [0.25, 0.3) is 11.4 Å². The van der Waals surface area contributed by atoms with E-state index in [2.05, 4.69) is 20.4 Å². The zero-order chi connectivity index (χ0) is 10.3. The third-order valence-electron chi connectivity index (χ3n) is 2.62. The Kier molecular flexibility index (Phi) is 1.71. The van der Waals surface area contributed by atoms with Gasteiger partial charge in [0.2, 0.25) is 0 Å². The number of aryl methyl sites for hydroxylation is 1. The van der Waals surface area contributed by atoms with Crippen LogP contribution in [0.2, 0.25) is 0 Å². The smallest absolute Gasteiger partial charge is 0.127 e. The predicted octanol–water partition coefficient (Wildman–Crippen LogP) is 0.845. The Morgan fingerprint density at radius 2 is 2.33 bits per heavy atom. The molecule has 3 heterocycles. The molecule has 5 heteroatoms. The quantitative estimate of drug-likeness (QED) is 0.743. The van der Waals surface area contributed by atoms with E-state index in [0.717, 1.165) is 30.2 Å². The van der Waals surface area contributed by atoms with Gasteiger partial charge in [0.1, 0.15) is 17.2 Å². The molecule has 0 unspecified atom stereocenters. The summed E-state index contributed by atoms with van der Waals surface area (Å²) < 4.78 is 1.87. The average Bonchev–Trinajstić information content (AvgIpc) is 2.84. The highest BCUT2D eigenvalue weighted by Crippen LogP contribution is 2.30. The molecule has 1 aliphatic heterocycles. The molecule has 3 rings (SSSR count). The van der Waals surface area contributed by atoms with Crippen molar-refractivity contribution in [3.05, 3.63) is 24.2 Å². The highest BCUT2D eigenvalue weighted by molar-refractivity contribution is 5.68. The summed E-state index contributed by atoms with van der Waals surface area (Å²) in [6.07, 6.45) is 6.12. The topological polar surface area (TPSA) is 55.6 Å². The third kappa shape index (κ3) is 1.20. The zero-order valence-electron chi connectivity index (χ0n) is 8.44. The summed E-state index contributed by atoms with van der Waals surface area (Å²) in [5, 5.41) is 7.76. The van der Waals surface area contributed by atoms with Gasteiger partial charge in [0.25, 0.3) is 0 Å². The van der Waals surface area contributed by atoms with Gasteiger partial charge < -0.3 is 5.32 Å². The van der Waals surface area contributed by atoms with Crippen molar-refractivity contribution in [1.82, 2.24) is 19.7 Å². The summed E-state index contributed by atoms with van der Waals surface area (Å²) in [7, 11) is 1.94. The number of nitrogens with zero attached hydrogens (tertiary/aromatic N) is 4. The van der Waals surface area contributed by atoms with E-state index >= 15 is 0 Å². The van der Waals surface area contributed by atoms with Crippen molar-refractivity contribution < 1.29 is 0 Å². The maximum atomic E-state index is 4.45. The molecule has 15 heavy (non-hydrogen) atoms. The maximum Gasteiger partial charge on any atom is 0.127 e. The van der Waals surface area contributed by atoms with E-state index in [-0.39, 0.29) is 0 Å². The van der Waals surface area contributed by atoms with Crippen molar-refractivity contribution >= 4 is 5.82 Å². The van der Waals surface area contributed by atoms with Crippen LogP contribution in [0.5, 0.6) is 0 Å². The number of hydrogen-bond donors (Lipinski definition) is 1. The average molecular weight is 201 g/mol. The molecule has 0 aliphatic carbocycles. The van der Waals surface area contributed by atoms with E-state index in [1.807, 2.05) is 11.7 Å². The normalized spacial score (nSPS) is 13.7. The minimum atomic E-state index is 0.845. The summed E-state index contributed by atoms with van der Waals surface area (Å²) in [5.41, 5.74) is 3.04. The number of nitrogens with one attached hydrogen (secondary N) is 1. The molecule has 0 amide bonds. The number of aromatic nitrogens is 4. The zero-order valence-corrected chi connectivity index (χ0v) is 8.44. The fourth-order valence-corrected chi connectivity index (χ4v) is 1.96. The van der Waals surface area contributed by atoms with Crippen LogP contribution in [-0.2, 0) is 13.5 Å². The fourth-order valence-electron chi connectivity index (χ4n) is 1.96. The van der Waals surface area contributed by atoms with Crippen LogP contribution in [0.3, 0.4) is 0 Å². The maximum absolute atomic E-state index is 4.45. The van der Waals surface area contributed by atoms with Crippen molar-refractivity contribution in [2.45, 2.75) is 6.42 Å². The third-order valence-corrected chi connectivity index (χ3v) is 2.62. The molecule has 76 valence electrons. The SMILES string of the molecule is Cn1nc(-c2cnccn2)c2c1NCC2. The molecular weight excluding hydrogens is 190 g/mol. The standard InChI is InChI=1S/C10H11N5/c1-15-10-7(2-3-13-10)9(14-15)8-6-11-4-5-12-8/h4-6,13H,2-3H2,1H3. The molecule has 1 N–H and O–H groups in total. The van der Waals surface area contributed by atoms with Crippen LogP contribution in [0.4, 0.5) is 5.82 Å². The first kappa shape index (κ1) is 8.40. The van der Waals surface area contributed by atoms with Gasteiger partial charge in [-0.25, -0.2) is 0 Å². The summed E-state index contributed by atoms with van der Waals surface area (Å²) in [6, 6.07) is 0. The molecule has 5 nitrogen and oxygen atoms in total. The molecule has 0 fully saturated rings. The second kappa shape index (κ2) is 3.05. The van der Waals surface area contributed by atoms with Gasteiger partial charge in [-0.05, 0) is 6.42 Å². The van der Waals surface area contributed by atoms with Gasteiger partial charge in [-0.3, -0.25) is 14.6 Å². The first-order valence-corrected chi connectivity index (χ1v) is 4.92. The molecular formula is C10H11N5. The van der Waals surface area contributed by atoms with Crippen molar-refractivity contribution in [3.63, 3.8) is 0 Å². The van der Waals surface area contributed by atoms with Gasteiger partial charge in [0, 0.05) is 31.5 Å². The molecule has 0 saturated heterocycles. The van der Waals surface area contributed by atoms with Crippen molar-refractivity contribution in [3.8, 4) is 11.4 Å². The van der Waals surface area contributed by atoms with E-state index in [0.29, 0.717) is 0 Å². The molecule has 0 aromatic carbocycles. The highest BCUT2D eigenvalue weighted by atomic mass is 15.3. The molecule has 2 aromatic rings. The first-order valence-electron chi connectivity index (χ1n) is 4.92. The Bertz CT molecular complexity index is 488. The van der Waals surface area contributed by atoms with E-state index < -0.39 is 0 Å². The number of fused-ring (bicyclic) bond motifs is 1. The van der Waals surface area contributed by atoms with E-state index in [1.54, 1.807) is 18.6 Å². The van der Waals surface area contributed by atoms with E-state index in [9.17, 15) is 0 Å². The van der Waals surface area contributed by atoms with Gasteiger partial charge >= 0.3 is 0 Å². The minimum Gasteiger partial charge on any atom is -0.370 e. The second-order valence-corrected chi connectivity index (χ2v) is 3.57. The van der Waals surface area contributed by atoms with Crippen LogP contribution in [0, 0.1) is 0 Å². The summed E-state index contributed by atoms with van der Waals surface area (Å²) in [5.74, 6) is 1.11. The van der Waals surface area contributed by atoms with E-state index in [1.165, 1.54) is 5.56 Å². The van der Waals surface area contributed by atoms with Gasteiger partial charge in [0.05, 0.1) is 6.20 Å². The minimum absolute atomic E-state index is 0.845. The molecule has 0 radical (unpaired) electrons. The Morgan fingerprint density at radius 1 is 1.40 bits per heavy atom. The van der Waals surface area contributed by atoms with Crippen LogP contribution in [0.1, 0.15) is 5.56 Å². The number of anilines is 1. The Morgan fingerprint density at radius 3 is 3.13 bits per heavy atom. The van der Waals surface area contributed by atoms with Gasteiger partial charge in [-0.15, -0.1) is 0 Å². The van der Waals surface area contributed by atoms with Gasteiger partial charge in [-0.1, -0.05) is 0 Å². The lowest BCUT2D eigenvalue weighted by atomic mass is 10.1. The first-order chi connectivity index (χ1) is 7.36.